The summed E-state index contributed by atoms with van der Waals surface area (Å²) in [7, 11) is 0. The van der Waals surface area contributed by atoms with Gasteiger partial charge in [-0.3, -0.25) is 9.59 Å². The minimum absolute atomic E-state index is 0.0292. The molecule has 0 bridgehead atoms. The fourth-order valence-corrected chi connectivity index (χ4v) is 3.66. The summed E-state index contributed by atoms with van der Waals surface area (Å²) in [6.07, 6.45) is 6.09. The number of piperidine rings is 1. The van der Waals surface area contributed by atoms with Crippen LogP contribution in [0.1, 0.15) is 19.3 Å². The average Bonchev–Trinajstić information content (AvgIpc) is 3.38. The van der Waals surface area contributed by atoms with Crippen molar-refractivity contribution in [1.29, 1.82) is 0 Å². The first-order chi connectivity index (χ1) is 12.7. The minimum Gasteiger partial charge on any atom is -0.381 e. The van der Waals surface area contributed by atoms with Crippen LogP contribution in [0.25, 0.3) is 5.82 Å². The van der Waals surface area contributed by atoms with Crippen molar-refractivity contribution >= 4 is 5.91 Å². The number of aromatic nitrogens is 4. The molecule has 2 aromatic rings. The van der Waals surface area contributed by atoms with E-state index in [9.17, 15) is 9.59 Å². The predicted octanol–water partition coefficient (Wildman–Crippen LogP) is 0.704. The highest BCUT2D eigenvalue weighted by atomic mass is 16.5. The molecule has 2 aliphatic heterocycles. The van der Waals surface area contributed by atoms with Gasteiger partial charge in [-0.05, 0) is 37.3 Å². The van der Waals surface area contributed by atoms with Crippen molar-refractivity contribution < 1.29 is 9.53 Å². The molecular weight excluding hydrogens is 334 g/mol. The Hall–Kier alpha value is -2.48. The van der Waals surface area contributed by atoms with Crippen LogP contribution in [0.5, 0.6) is 0 Å². The van der Waals surface area contributed by atoms with E-state index in [0.717, 1.165) is 32.4 Å². The smallest absolute Gasteiger partial charge is 0.266 e. The zero-order chi connectivity index (χ0) is 17.9. The van der Waals surface area contributed by atoms with Crippen molar-refractivity contribution in [3.8, 4) is 5.82 Å². The van der Waals surface area contributed by atoms with Gasteiger partial charge in [-0.1, -0.05) is 0 Å². The lowest BCUT2D eigenvalue weighted by molar-refractivity contribution is -0.137. The highest BCUT2D eigenvalue weighted by Crippen LogP contribution is 2.22. The Bertz CT molecular complexity index is 802. The SMILES string of the molecule is O=C(C1CCOC1)N1CCC(Cn2nc(-n3cccn3)ccc2=O)CC1. The molecule has 1 unspecified atom stereocenters. The average molecular weight is 357 g/mol. The second-order valence-electron chi connectivity index (χ2n) is 6.99. The summed E-state index contributed by atoms with van der Waals surface area (Å²) in [4.78, 5) is 26.6. The van der Waals surface area contributed by atoms with Gasteiger partial charge in [0.05, 0.1) is 12.5 Å². The molecule has 0 aromatic carbocycles. The van der Waals surface area contributed by atoms with Crippen molar-refractivity contribution in [2.24, 2.45) is 11.8 Å². The van der Waals surface area contributed by atoms with Gasteiger partial charge in [0.1, 0.15) is 0 Å². The fourth-order valence-electron chi connectivity index (χ4n) is 3.66. The van der Waals surface area contributed by atoms with Crippen molar-refractivity contribution in [1.82, 2.24) is 24.5 Å². The first-order valence-corrected chi connectivity index (χ1v) is 9.15. The van der Waals surface area contributed by atoms with E-state index in [0.29, 0.717) is 31.5 Å². The number of hydrogen-bond donors (Lipinski definition) is 0. The van der Waals surface area contributed by atoms with Gasteiger partial charge in [0.15, 0.2) is 5.82 Å². The summed E-state index contributed by atoms with van der Waals surface area (Å²) in [6, 6.07) is 5.03. The van der Waals surface area contributed by atoms with Crippen LogP contribution in [-0.4, -0.2) is 56.7 Å². The largest absolute Gasteiger partial charge is 0.381 e. The lowest BCUT2D eigenvalue weighted by atomic mass is 9.95. The maximum atomic E-state index is 12.5. The molecule has 1 atom stereocenters. The number of rotatable bonds is 4. The molecule has 1 amide bonds. The van der Waals surface area contributed by atoms with Gasteiger partial charge < -0.3 is 9.64 Å². The third-order valence-corrected chi connectivity index (χ3v) is 5.23. The summed E-state index contributed by atoms with van der Waals surface area (Å²) in [5.41, 5.74) is -0.109. The van der Waals surface area contributed by atoms with E-state index in [2.05, 4.69) is 10.2 Å². The second-order valence-corrected chi connectivity index (χ2v) is 6.99. The Morgan fingerprint density at radius 3 is 2.77 bits per heavy atom. The van der Waals surface area contributed by atoms with Gasteiger partial charge >= 0.3 is 0 Å². The van der Waals surface area contributed by atoms with Gasteiger partial charge in [-0.15, -0.1) is 5.10 Å². The van der Waals surface area contributed by atoms with Crippen LogP contribution in [0, 0.1) is 11.8 Å². The van der Waals surface area contributed by atoms with E-state index in [1.54, 1.807) is 23.1 Å². The normalized spacial score (nSPS) is 21.2. The van der Waals surface area contributed by atoms with Crippen molar-refractivity contribution in [2.45, 2.75) is 25.8 Å². The highest BCUT2D eigenvalue weighted by Gasteiger charge is 2.30. The van der Waals surface area contributed by atoms with Crippen molar-refractivity contribution in [3.05, 3.63) is 40.9 Å². The summed E-state index contributed by atoms with van der Waals surface area (Å²) in [5, 5.41) is 8.59. The molecule has 2 aromatic heterocycles. The molecule has 0 radical (unpaired) electrons. The maximum Gasteiger partial charge on any atom is 0.266 e. The van der Waals surface area contributed by atoms with E-state index in [4.69, 9.17) is 4.74 Å². The Balaban J connectivity index is 1.38. The molecule has 138 valence electrons. The van der Waals surface area contributed by atoms with Crippen LogP contribution < -0.4 is 5.56 Å². The van der Waals surface area contributed by atoms with Crippen molar-refractivity contribution in [3.63, 3.8) is 0 Å². The summed E-state index contributed by atoms with van der Waals surface area (Å²) in [5.74, 6) is 1.22. The third-order valence-electron chi connectivity index (χ3n) is 5.23. The maximum absolute atomic E-state index is 12.5. The molecule has 2 aliphatic rings. The molecule has 4 heterocycles. The Morgan fingerprint density at radius 1 is 1.23 bits per heavy atom. The Kier molecular flexibility index (Phi) is 4.83. The van der Waals surface area contributed by atoms with Gasteiger partial charge in [-0.2, -0.15) is 5.10 Å². The second kappa shape index (κ2) is 7.41. The van der Waals surface area contributed by atoms with Gasteiger partial charge in [0, 0.05) is 44.7 Å². The number of nitrogens with zero attached hydrogens (tertiary/aromatic N) is 5. The summed E-state index contributed by atoms with van der Waals surface area (Å²) in [6.45, 7) is 3.30. The third kappa shape index (κ3) is 3.55. The molecule has 2 fully saturated rings. The molecule has 0 N–H and O–H groups in total. The molecule has 0 saturated carbocycles. The first kappa shape index (κ1) is 17.0. The van der Waals surface area contributed by atoms with Crippen molar-refractivity contribution in [2.75, 3.05) is 26.3 Å². The Labute approximate surface area is 151 Å². The minimum atomic E-state index is -0.109. The lowest BCUT2D eigenvalue weighted by Gasteiger charge is -2.33. The van der Waals surface area contributed by atoms with Gasteiger partial charge in [-0.25, -0.2) is 9.36 Å². The summed E-state index contributed by atoms with van der Waals surface area (Å²) < 4.78 is 8.48. The van der Waals surface area contributed by atoms with E-state index < -0.39 is 0 Å². The van der Waals surface area contributed by atoms with Gasteiger partial charge in [0.25, 0.3) is 5.56 Å². The number of carbonyl (C=O) groups excluding carboxylic acids is 1. The van der Waals surface area contributed by atoms with Crippen LogP contribution in [0.2, 0.25) is 0 Å². The topological polar surface area (TPSA) is 82.2 Å². The molecule has 4 rings (SSSR count). The van der Waals surface area contributed by atoms with Crippen LogP contribution in [0.15, 0.2) is 35.4 Å². The highest BCUT2D eigenvalue weighted by molar-refractivity contribution is 5.79. The predicted molar refractivity (Wildman–Crippen MR) is 93.8 cm³/mol. The van der Waals surface area contributed by atoms with Crippen LogP contribution in [0.4, 0.5) is 0 Å². The standard InChI is InChI=1S/C18H23N5O3/c24-17-3-2-16(22-8-1-7-19-22)20-23(17)12-14-4-9-21(10-5-14)18(25)15-6-11-26-13-15/h1-3,7-8,14-15H,4-6,9-13H2. The first-order valence-electron chi connectivity index (χ1n) is 9.15. The van der Waals surface area contributed by atoms with E-state index in [1.807, 2.05) is 11.0 Å². The quantitative estimate of drug-likeness (QED) is 0.805. The van der Waals surface area contributed by atoms with E-state index in [-0.39, 0.29) is 17.4 Å². The lowest BCUT2D eigenvalue weighted by Crippen LogP contribution is -2.43. The molecule has 8 heteroatoms. The number of ether oxygens (including phenoxy) is 1. The Morgan fingerprint density at radius 2 is 2.08 bits per heavy atom. The van der Waals surface area contributed by atoms with Crippen LogP contribution in [-0.2, 0) is 16.1 Å². The van der Waals surface area contributed by atoms with Crippen LogP contribution in [0.3, 0.4) is 0 Å². The number of likely N-dealkylation sites (tertiary alicyclic amines) is 1. The van der Waals surface area contributed by atoms with Gasteiger partial charge in [0.2, 0.25) is 5.91 Å². The van der Waals surface area contributed by atoms with E-state index in [1.165, 1.54) is 10.7 Å². The van der Waals surface area contributed by atoms with Crippen LogP contribution >= 0.6 is 0 Å². The molecular formula is C18H23N5O3. The monoisotopic (exact) mass is 357 g/mol. The number of hydrogen-bond acceptors (Lipinski definition) is 5. The number of amides is 1. The molecule has 26 heavy (non-hydrogen) atoms. The van der Waals surface area contributed by atoms with E-state index >= 15 is 0 Å². The summed E-state index contributed by atoms with van der Waals surface area (Å²) >= 11 is 0. The fraction of sp³-hybridized carbons (Fsp3) is 0.556. The molecule has 2 saturated heterocycles. The molecule has 0 aliphatic carbocycles. The molecule has 8 nitrogen and oxygen atoms in total. The number of carbonyl (C=O) groups is 1. The zero-order valence-electron chi connectivity index (χ0n) is 14.7. The molecule has 0 spiro atoms. The zero-order valence-corrected chi connectivity index (χ0v) is 14.7.